The Kier molecular flexibility index (Phi) is 5.57. The van der Waals surface area contributed by atoms with Crippen molar-refractivity contribution in [3.05, 3.63) is 36.0 Å². The number of hydrogen-bond acceptors (Lipinski definition) is 8. The third-order valence-corrected chi connectivity index (χ3v) is 4.76. The van der Waals surface area contributed by atoms with E-state index in [-0.39, 0.29) is 0 Å². The van der Waals surface area contributed by atoms with E-state index in [1.54, 1.807) is 0 Å². The molecule has 0 saturated carbocycles. The van der Waals surface area contributed by atoms with Crippen LogP contribution in [0.2, 0.25) is 0 Å². The lowest BCUT2D eigenvalue weighted by Crippen LogP contribution is -2.47. The van der Waals surface area contributed by atoms with Gasteiger partial charge in [-0.3, -0.25) is 4.90 Å². The van der Waals surface area contributed by atoms with Crippen molar-refractivity contribution in [3.63, 3.8) is 0 Å². The summed E-state index contributed by atoms with van der Waals surface area (Å²) in [5.41, 5.74) is 2.39. The number of benzene rings is 1. The van der Waals surface area contributed by atoms with Gasteiger partial charge in [0.1, 0.15) is 17.9 Å². The van der Waals surface area contributed by atoms with E-state index in [1.807, 2.05) is 44.2 Å². The molecule has 1 aromatic carbocycles. The van der Waals surface area contributed by atoms with Gasteiger partial charge in [-0.1, -0.05) is 0 Å². The largest absolute Gasteiger partial charge is 0.492 e. The van der Waals surface area contributed by atoms with Crippen LogP contribution in [0.5, 0.6) is 11.8 Å². The first-order chi connectivity index (χ1) is 13.7. The number of aryl methyl sites for hydroxylation is 1. The van der Waals surface area contributed by atoms with Crippen LogP contribution in [0.15, 0.2) is 34.7 Å². The first-order valence-electron chi connectivity index (χ1n) is 9.65. The summed E-state index contributed by atoms with van der Waals surface area (Å²) in [5, 5.41) is 8.42. The monoisotopic (exact) mass is 383 g/mol. The predicted octanol–water partition coefficient (Wildman–Crippen LogP) is 2.53. The molecular weight excluding hydrogens is 358 g/mol. The average Bonchev–Trinajstić information content (AvgIpc) is 3.11. The molecule has 4 rings (SSSR count). The van der Waals surface area contributed by atoms with Crippen LogP contribution in [-0.2, 0) is 0 Å². The zero-order valence-corrected chi connectivity index (χ0v) is 16.3. The summed E-state index contributed by atoms with van der Waals surface area (Å²) >= 11 is 0. The Balaban J connectivity index is 1.24. The lowest BCUT2D eigenvalue weighted by Gasteiger charge is -2.35. The molecule has 8 nitrogen and oxygen atoms in total. The maximum Gasteiger partial charge on any atom is 0.394 e. The maximum absolute atomic E-state index is 5.90. The summed E-state index contributed by atoms with van der Waals surface area (Å²) in [6.07, 6.45) is 0.297. The van der Waals surface area contributed by atoms with Crippen molar-refractivity contribution in [2.45, 2.75) is 13.8 Å². The molecule has 0 bridgehead atoms. The second-order valence-corrected chi connectivity index (χ2v) is 6.75. The van der Waals surface area contributed by atoms with Gasteiger partial charge in [0, 0.05) is 38.8 Å². The second kappa shape index (κ2) is 8.43. The molecule has 0 N–H and O–H groups in total. The van der Waals surface area contributed by atoms with Crippen LogP contribution in [0.4, 0.5) is 5.82 Å². The van der Waals surface area contributed by atoms with Crippen LogP contribution in [0.3, 0.4) is 0 Å². The van der Waals surface area contributed by atoms with Crippen LogP contribution in [0.1, 0.15) is 12.6 Å². The highest BCUT2D eigenvalue weighted by Gasteiger charge is 2.18. The van der Waals surface area contributed by atoms with Crippen LogP contribution < -0.4 is 14.4 Å². The van der Waals surface area contributed by atoms with Crippen LogP contribution >= 0.6 is 0 Å². The molecule has 2 aromatic heterocycles. The second-order valence-electron chi connectivity index (χ2n) is 6.75. The van der Waals surface area contributed by atoms with E-state index in [4.69, 9.17) is 13.9 Å². The number of ether oxygens (including phenoxy) is 2. The zero-order valence-electron chi connectivity index (χ0n) is 16.3. The van der Waals surface area contributed by atoms with Crippen molar-refractivity contribution in [1.82, 2.24) is 20.1 Å². The molecule has 8 heteroatoms. The Hall–Kier alpha value is -2.87. The van der Waals surface area contributed by atoms with Gasteiger partial charge < -0.3 is 18.8 Å². The number of piperazine rings is 1. The lowest BCUT2D eigenvalue weighted by molar-refractivity contribution is 0.200. The quantitative estimate of drug-likeness (QED) is 0.616. The van der Waals surface area contributed by atoms with Gasteiger partial charge in [0.2, 0.25) is 0 Å². The fourth-order valence-electron chi connectivity index (χ4n) is 3.21. The summed E-state index contributed by atoms with van der Waals surface area (Å²) in [7, 11) is 0. The Morgan fingerprint density at radius 3 is 2.64 bits per heavy atom. The molecule has 1 aliphatic rings. The Labute approximate surface area is 164 Å². The van der Waals surface area contributed by atoms with Crippen molar-refractivity contribution >= 4 is 16.9 Å². The van der Waals surface area contributed by atoms with Crippen LogP contribution in [-0.4, -0.2) is 66.0 Å². The molecule has 0 spiro atoms. The van der Waals surface area contributed by atoms with E-state index in [0.29, 0.717) is 24.9 Å². The Morgan fingerprint density at radius 2 is 1.89 bits per heavy atom. The molecular formula is C20H25N5O3. The van der Waals surface area contributed by atoms with Crippen LogP contribution in [0, 0.1) is 6.92 Å². The number of nitrogens with zero attached hydrogens (tertiary/aromatic N) is 5. The molecule has 3 aromatic rings. The fraction of sp³-hybridized carbons (Fsp3) is 0.450. The maximum atomic E-state index is 5.90. The van der Waals surface area contributed by atoms with Gasteiger partial charge in [0.05, 0.1) is 12.3 Å². The normalized spacial score (nSPS) is 15.1. The molecule has 0 aliphatic carbocycles. The number of anilines is 1. The summed E-state index contributed by atoms with van der Waals surface area (Å²) in [5.74, 6) is 1.73. The molecule has 1 fully saturated rings. The Bertz CT molecular complexity index is 904. The summed E-state index contributed by atoms with van der Waals surface area (Å²) in [6, 6.07) is 9.70. The topological polar surface area (TPSA) is 76.8 Å². The van der Waals surface area contributed by atoms with E-state index in [0.717, 1.165) is 55.5 Å². The number of fused-ring (bicyclic) bond motifs is 1. The van der Waals surface area contributed by atoms with Gasteiger partial charge >= 0.3 is 6.08 Å². The highest BCUT2D eigenvalue weighted by atomic mass is 16.6. The van der Waals surface area contributed by atoms with E-state index >= 15 is 0 Å². The first-order valence-corrected chi connectivity index (χ1v) is 9.65. The van der Waals surface area contributed by atoms with Crippen molar-refractivity contribution in [2.75, 3.05) is 50.8 Å². The molecule has 0 atom stereocenters. The SMILES string of the molecule is CCOc1nc2ccc(OCCN3CCN(c4ccc(C)nn4)CC3)cc2o1. The zero-order chi connectivity index (χ0) is 19.3. The molecule has 3 heterocycles. The summed E-state index contributed by atoms with van der Waals surface area (Å²) < 4.78 is 16.8. The standard InChI is InChI=1S/C20H25N5O3/c1-3-26-20-21-17-6-5-16(14-18(17)28-20)27-13-12-24-8-10-25(11-9-24)19-7-4-15(2)22-23-19/h4-7,14H,3,8-13H2,1-2H3. The van der Waals surface area contributed by atoms with Gasteiger partial charge in [-0.05, 0) is 38.1 Å². The fourth-order valence-corrected chi connectivity index (χ4v) is 3.21. The highest BCUT2D eigenvalue weighted by molar-refractivity contribution is 5.74. The average molecular weight is 383 g/mol. The first kappa shape index (κ1) is 18.5. The molecule has 0 radical (unpaired) electrons. The number of hydrogen-bond donors (Lipinski definition) is 0. The van der Waals surface area contributed by atoms with Crippen molar-refractivity contribution < 1.29 is 13.9 Å². The number of rotatable bonds is 7. The van der Waals surface area contributed by atoms with Crippen LogP contribution in [0.25, 0.3) is 11.1 Å². The molecule has 0 amide bonds. The Morgan fingerprint density at radius 1 is 1.04 bits per heavy atom. The van der Waals surface area contributed by atoms with Crippen molar-refractivity contribution in [3.8, 4) is 11.8 Å². The van der Waals surface area contributed by atoms with Gasteiger partial charge in [0.25, 0.3) is 0 Å². The smallest absolute Gasteiger partial charge is 0.394 e. The summed E-state index contributed by atoms with van der Waals surface area (Å²) in [4.78, 5) is 8.94. The minimum atomic E-state index is 0.297. The van der Waals surface area contributed by atoms with E-state index in [1.165, 1.54) is 0 Å². The van der Waals surface area contributed by atoms with Crippen molar-refractivity contribution in [1.29, 1.82) is 0 Å². The van der Waals surface area contributed by atoms with Gasteiger partial charge in [-0.25, -0.2) is 0 Å². The lowest BCUT2D eigenvalue weighted by atomic mass is 10.3. The summed E-state index contributed by atoms with van der Waals surface area (Å²) in [6.45, 7) is 9.75. The molecule has 0 unspecified atom stereocenters. The van der Waals surface area contributed by atoms with E-state index in [2.05, 4.69) is 25.0 Å². The van der Waals surface area contributed by atoms with E-state index < -0.39 is 0 Å². The third kappa shape index (κ3) is 4.33. The van der Waals surface area contributed by atoms with Gasteiger partial charge in [-0.2, -0.15) is 10.1 Å². The van der Waals surface area contributed by atoms with Gasteiger partial charge in [-0.15, -0.1) is 5.10 Å². The molecule has 28 heavy (non-hydrogen) atoms. The third-order valence-electron chi connectivity index (χ3n) is 4.76. The minimum absolute atomic E-state index is 0.297. The predicted molar refractivity (Wildman–Crippen MR) is 106 cm³/mol. The molecule has 148 valence electrons. The molecule has 1 aliphatic heterocycles. The number of oxazole rings is 1. The number of aromatic nitrogens is 3. The van der Waals surface area contributed by atoms with Crippen molar-refractivity contribution in [2.24, 2.45) is 0 Å². The van der Waals surface area contributed by atoms with E-state index in [9.17, 15) is 0 Å². The highest BCUT2D eigenvalue weighted by Crippen LogP contribution is 2.25. The minimum Gasteiger partial charge on any atom is -0.492 e. The van der Waals surface area contributed by atoms with Gasteiger partial charge in [0.15, 0.2) is 11.4 Å². The molecule has 1 saturated heterocycles.